The van der Waals surface area contributed by atoms with Crippen LogP contribution in [0, 0.1) is 27.7 Å². The highest BCUT2D eigenvalue weighted by Crippen LogP contribution is 2.27. The molecule has 0 saturated heterocycles. The molecule has 0 aliphatic heterocycles. The van der Waals surface area contributed by atoms with Crippen LogP contribution in [0.4, 0.5) is 0 Å². The molecule has 0 aliphatic carbocycles. The van der Waals surface area contributed by atoms with Crippen LogP contribution in [-0.2, 0) is 6.54 Å². The molecule has 0 saturated carbocycles. The number of aryl methyl sites for hydroxylation is 2. The van der Waals surface area contributed by atoms with Crippen molar-refractivity contribution in [3.05, 3.63) is 75.1 Å². The fraction of sp³-hybridized carbons (Fsp3) is 0.318. The van der Waals surface area contributed by atoms with Crippen molar-refractivity contribution in [1.29, 1.82) is 0 Å². The van der Waals surface area contributed by atoms with E-state index in [1.165, 1.54) is 10.1 Å². The first-order valence-electron chi connectivity index (χ1n) is 9.55. The summed E-state index contributed by atoms with van der Waals surface area (Å²) >= 11 is 0. The van der Waals surface area contributed by atoms with Crippen LogP contribution in [0.2, 0.25) is 0 Å². The van der Waals surface area contributed by atoms with Crippen LogP contribution in [-0.4, -0.2) is 24.4 Å². The van der Waals surface area contributed by atoms with Gasteiger partial charge in [0.25, 0.3) is 5.56 Å². The van der Waals surface area contributed by atoms with Gasteiger partial charge in [0, 0.05) is 35.5 Å². The Bertz CT molecular complexity index is 1210. The number of hydrogen-bond donors (Lipinski definition) is 1. The van der Waals surface area contributed by atoms with Gasteiger partial charge in [-0.15, -0.1) is 0 Å². The zero-order valence-corrected chi connectivity index (χ0v) is 16.9. The average molecular weight is 375 g/mol. The third-order valence-corrected chi connectivity index (χ3v) is 5.57. The molecule has 1 unspecified atom stereocenters. The Morgan fingerprint density at radius 1 is 1.11 bits per heavy atom. The lowest BCUT2D eigenvalue weighted by Gasteiger charge is -2.13. The van der Waals surface area contributed by atoms with E-state index in [9.17, 15) is 4.79 Å². The predicted molar refractivity (Wildman–Crippen MR) is 111 cm³/mol. The van der Waals surface area contributed by atoms with E-state index in [-0.39, 0.29) is 11.5 Å². The molecule has 3 heterocycles. The van der Waals surface area contributed by atoms with Gasteiger partial charge in [-0.1, -0.05) is 37.3 Å². The Labute approximate surface area is 163 Å². The van der Waals surface area contributed by atoms with Gasteiger partial charge in [-0.25, -0.2) is 9.50 Å². The lowest BCUT2D eigenvalue weighted by molar-refractivity contribution is 0.520. The van der Waals surface area contributed by atoms with Gasteiger partial charge in [0.2, 0.25) is 0 Å². The molecule has 1 atom stereocenters. The van der Waals surface area contributed by atoms with Gasteiger partial charge in [0.1, 0.15) is 0 Å². The van der Waals surface area contributed by atoms with Crippen LogP contribution >= 0.6 is 0 Å². The maximum absolute atomic E-state index is 12.7. The normalized spacial score (nSPS) is 12.6. The molecule has 0 amide bonds. The summed E-state index contributed by atoms with van der Waals surface area (Å²) in [4.78, 5) is 17.6. The molecule has 4 aromatic rings. The highest BCUT2D eigenvalue weighted by Gasteiger charge is 2.18. The summed E-state index contributed by atoms with van der Waals surface area (Å²) in [7, 11) is 0. The maximum atomic E-state index is 12.7. The SMILES string of the molecule is Cc1nn(CC(C)c2cc(=O)n3[nH]c(C)c(-c4ccccc4)c3n2)c(C)c1C. The van der Waals surface area contributed by atoms with Crippen LogP contribution in [0.25, 0.3) is 16.8 Å². The minimum atomic E-state index is -0.0957. The summed E-state index contributed by atoms with van der Waals surface area (Å²) in [5, 5.41) is 7.78. The minimum Gasteiger partial charge on any atom is -0.293 e. The van der Waals surface area contributed by atoms with Crippen LogP contribution in [0.3, 0.4) is 0 Å². The standard InChI is InChI=1S/C22H25N5O/c1-13(12-26-17(5)14(2)15(3)24-26)19-11-20(28)27-22(23-19)21(16(4)25-27)18-9-7-6-8-10-18/h6-11,13,25H,12H2,1-5H3. The third kappa shape index (κ3) is 2.95. The second-order valence-electron chi connectivity index (χ2n) is 7.54. The van der Waals surface area contributed by atoms with Gasteiger partial charge < -0.3 is 0 Å². The van der Waals surface area contributed by atoms with E-state index in [1.807, 2.05) is 48.9 Å². The zero-order chi connectivity index (χ0) is 20.0. The first-order valence-corrected chi connectivity index (χ1v) is 9.55. The second kappa shape index (κ2) is 6.78. The molecule has 0 aliphatic rings. The second-order valence-corrected chi connectivity index (χ2v) is 7.54. The van der Waals surface area contributed by atoms with E-state index in [1.54, 1.807) is 6.07 Å². The number of nitrogens with zero attached hydrogens (tertiary/aromatic N) is 4. The van der Waals surface area contributed by atoms with Crippen molar-refractivity contribution >= 4 is 5.65 Å². The van der Waals surface area contributed by atoms with Gasteiger partial charge in [-0.3, -0.25) is 14.6 Å². The van der Waals surface area contributed by atoms with E-state index in [0.717, 1.165) is 33.9 Å². The molecule has 0 spiro atoms. The molecule has 1 aromatic carbocycles. The van der Waals surface area contributed by atoms with Crippen LogP contribution in [0.5, 0.6) is 0 Å². The first kappa shape index (κ1) is 18.2. The molecule has 1 N–H and O–H groups in total. The van der Waals surface area contributed by atoms with Crippen molar-refractivity contribution in [2.75, 3.05) is 0 Å². The molecule has 6 heteroatoms. The first-order chi connectivity index (χ1) is 13.4. The van der Waals surface area contributed by atoms with Gasteiger partial charge in [-0.2, -0.15) is 5.10 Å². The fourth-order valence-electron chi connectivity index (χ4n) is 3.69. The van der Waals surface area contributed by atoms with E-state index in [2.05, 4.69) is 31.0 Å². The van der Waals surface area contributed by atoms with Crippen molar-refractivity contribution < 1.29 is 0 Å². The van der Waals surface area contributed by atoms with Gasteiger partial charge in [0.05, 0.1) is 11.4 Å². The Balaban J connectivity index is 1.80. The molecule has 0 fully saturated rings. The molecular weight excluding hydrogens is 350 g/mol. The largest absolute Gasteiger partial charge is 0.293 e. The van der Waals surface area contributed by atoms with Gasteiger partial charge >= 0.3 is 0 Å². The van der Waals surface area contributed by atoms with E-state index >= 15 is 0 Å². The van der Waals surface area contributed by atoms with Gasteiger partial charge in [0.15, 0.2) is 5.65 Å². The molecule has 0 radical (unpaired) electrons. The summed E-state index contributed by atoms with van der Waals surface area (Å²) in [6.07, 6.45) is 0. The molecule has 3 aromatic heterocycles. The highest BCUT2D eigenvalue weighted by atomic mass is 16.1. The lowest BCUT2D eigenvalue weighted by atomic mass is 10.1. The van der Waals surface area contributed by atoms with Crippen molar-refractivity contribution in [3.8, 4) is 11.1 Å². The van der Waals surface area contributed by atoms with Crippen LogP contribution < -0.4 is 5.56 Å². The van der Waals surface area contributed by atoms with Gasteiger partial charge in [-0.05, 0) is 38.8 Å². The molecule has 4 rings (SSSR count). The van der Waals surface area contributed by atoms with Crippen molar-refractivity contribution in [2.45, 2.75) is 47.1 Å². The summed E-state index contributed by atoms with van der Waals surface area (Å²) in [6.45, 7) is 10.9. The third-order valence-electron chi connectivity index (χ3n) is 5.57. The monoisotopic (exact) mass is 375 g/mol. The minimum absolute atomic E-state index is 0.0638. The molecule has 144 valence electrons. The molecular formula is C22H25N5O. The number of hydrogen-bond acceptors (Lipinski definition) is 3. The number of H-pyrrole nitrogens is 1. The quantitative estimate of drug-likeness (QED) is 0.588. The lowest BCUT2D eigenvalue weighted by Crippen LogP contribution is -2.18. The highest BCUT2D eigenvalue weighted by molar-refractivity contribution is 5.79. The van der Waals surface area contributed by atoms with E-state index in [0.29, 0.717) is 12.2 Å². The van der Waals surface area contributed by atoms with Crippen LogP contribution in [0.15, 0.2) is 41.2 Å². The summed E-state index contributed by atoms with van der Waals surface area (Å²) in [5.41, 5.74) is 7.71. The number of fused-ring (bicyclic) bond motifs is 1. The zero-order valence-electron chi connectivity index (χ0n) is 16.9. The van der Waals surface area contributed by atoms with Crippen LogP contribution in [0.1, 0.15) is 41.2 Å². The number of benzene rings is 1. The number of aromatic nitrogens is 5. The van der Waals surface area contributed by atoms with E-state index < -0.39 is 0 Å². The average Bonchev–Trinajstić information content (AvgIpc) is 3.14. The number of rotatable bonds is 4. The Morgan fingerprint density at radius 3 is 2.46 bits per heavy atom. The fourth-order valence-corrected chi connectivity index (χ4v) is 3.69. The Hall–Kier alpha value is -3.15. The van der Waals surface area contributed by atoms with E-state index in [4.69, 9.17) is 4.98 Å². The number of aromatic amines is 1. The molecule has 6 nitrogen and oxygen atoms in total. The summed E-state index contributed by atoms with van der Waals surface area (Å²) < 4.78 is 3.54. The van der Waals surface area contributed by atoms with Crippen molar-refractivity contribution in [1.82, 2.24) is 24.4 Å². The number of nitrogens with one attached hydrogen (secondary N) is 1. The van der Waals surface area contributed by atoms with Crippen molar-refractivity contribution in [3.63, 3.8) is 0 Å². The van der Waals surface area contributed by atoms with Crippen molar-refractivity contribution in [2.24, 2.45) is 0 Å². The topological polar surface area (TPSA) is 68.0 Å². The molecule has 28 heavy (non-hydrogen) atoms. The summed E-state index contributed by atoms with van der Waals surface area (Å²) in [5.74, 6) is 0.0638. The smallest absolute Gasteiger partial charge is 0.272 e. The molecule has 0 bridgehead atoms. The maximum Gasteiger partial charge on any atom is 0.272 e. The summed E-state index contributed by atoms with van der Waals surface area (Å²) in [6, 6.07) is 11.7. The Morgan fingerprint density at radius 2 is 1.82 bits per heavy atom. The predicted octanol–water partition coefficient (Wildman–Crippen LogP) is 3.92. The Kier molecular flexibility index (Phi) is 4.41.